The minimum absolute atomic E-state index is 0.0795. The second-order valence-electron chi connectivity index (χ2n) is 27.3. The number of aliphatic hydroxyl groups excluding tert-OH is 1. The molecule has 2 unspecified atom stereocenters. The summed E-state index contributed by atoms with van der Waals surface area (Å²) >= 11 is 0. The molecule has 592 valence electrons. The number of hydrogen-bond acceptors (Lipinski definition) is 15. The highest BCUT2D eigenvalue weighted by Crippen LogP contribution is 2.45. The molecular weight excluding hydrogens is 1330 g/mol. The zero-order chi connectivity index (χ0) is 74.6. The van der Waals surface area contributed by atoms with Crippen LogP contribution < -0.4 is 0 Å². The molecular formula is C83H148O17P2. The zero-order valence-corrected chi connectivity index (χ0v) is 66.6. The highest BCUT2D eigenvalue weighted by Gasteiger charge is 2.30. The Labute approximate surface area is 621 Å². The van der Waals surface area contributed by atoms with Crippen LogP contribution in [0.2, 0.25) is 0 Å². The van der Waals surface area contributed by atoms with E-state index in [1.165, 1.54) is 122 Å². The van der Waals surface area contributed by atoms with Crippen LogP contribution in [-0.2, 0) is 65.4 Å². The Hall–Kier alpha value is -3.76. The van der Waals surface area contributed by atoms with E-state index in [0.29, 0.717) is 32.1 Å². The first-order valence-corrected chi connectivity index (χ1v) is 43.8. The first kappa shape index (κ1) is 98.2. The van der Waals surface area contributed by atoms with Crippen molar-refractivity contribution in [1.29, 1.82) is 0 Å². The summed E-state index contributed by atoms with van der Waals surface area (Å²) in [6, 6.07) is 0. The number of aliphatic hydroxyl groups is 1. The number of carbonyl (C=O) groups excluding carboxylic acids is 4. The molecule has 0 radical (unpaired) electrons. The first-order valence-electron chi connectivity index (χ1n) is 40.8. The van der Waals surface area contributed by atoms with E-state index < -0.39 is 97.5 Å². The molecule has 0 heterocycles. The lowest BCUT2D eigenvalue weighted by Gasteiger charge is -2.21. The van der Waals surface area contributed by atoms with Crippen molar-refractivity contribution in [1.82, 2.24) is 0 Å². The highest BCUT2D eigenvalue weighted by atomic mass is 31.2. The fourth-order valence-corrected chi connectivity index (χ4v) is 12.6. The zero-order valence-electron chi connectivity index (χ0n) is 64.8. The molecule has 17 nitrogen and oxygen atoms in total. The summed E-state index contributed by atoms with van der Waals surface area (Å²) in [6.07, 6.45) is 78.4. The quantitative estimate of drug-likeness (QED) is 0.0169. The van der Waals surface area contributed by atoms with E-state index >= 15 is 0 Å². The molecule has 0 aliphatic heterocycles. The Morgan fingerprint density at radius 1 is 0.275 bits per heavy atom. The Balaban J connectivity index is 5.40. The van der Waals surface area contributed by atoms with Gasteiger partial charge < -0.3 is 33.8 Å². The van der Waals surface area contributed by atoms with Crippen LogP contribution in [-0.4, -0.2) is 96.7 Å². The van der Waals surface area contributed by atoms with Gasteiger partial charge in [-0.3, -0.25) is 37.3 Å². The summed E-state index contributed by atoms with van der Waals surface area (Å²) in [6.45, 7) is 4.79. The molecule has 0 aromatic rings. The van der Waals surface area contributed by atoms with Gasteiger partial charge in [0.05, 0.1) is 26.4 Å². The maximum absolute atomic E-state index is 13.1. The summed E-state index contributed by atoms with van der Waals surface area (Å²) in [5.41, 5.74) is 0. The second-order valence-corrected chi connectivity index (χ2v) is 30.3. The second kappa shape index (κ2) is 75.5. The van der Waals surface area contributed by atoms with Crippen LogP contribution in [0.15, 0.2) is 85.1 Å². The molecule has 0 saturated carbocycles. The lowest BCUT2D eigenvalue weighted by molar-refractivity contribution is -0.161. The fraction of sp³-hybridized carbons (Fsp3) is 0.783. The summed E-state index contributed by atoms with van der Waals surface area (Å²) in [5, 5.41) is 10.6. The Morgan fingerprint density at radius 2 is 0.490 bits per heavy atom. The monoisotopic (exact) mass is 1480 g/mol. The predicted molar refractivity (Wildman–Crippen MR) is 418 cm³/mol. The van der Waals surface area contributed by atoms with Gasteiger partial charge in [-0.15, -0.1) is 0 Å². The van der Waals surface area contributed by atoms with Gasteiger partial charge in [0, 0.05) is 25.7 Å². The molecule has 0 bridgehead atoms. The minimum atomic E-state index is -4.99. The molecule has 0 spiro atoms. The molecule has 0 fully saturated rings. The van der Waals surface area contributed by atoms with Crippen LogP contribution in [0, 0.1) is 0 Å². The van der Waals surface area contributed by atoms with Gasteiger partial charge >= 0.3 is 39.5 Å². The number of unbranched alkanes of at least 4 members (excludes halogenated alkanes) is 37. The molecule has 102 heavy (non-hydrogen) atoms. The van der Waals surface area contributed by atoms with Crippen LogP contribution in [0.25, 0.3) is 0 Å². The van der Waals surface area contributed by atoms with E-state index in [0.717, 1.165) is 154 Å². The summed E-state index contributed by atoms with van der Waals surface area (Å²) in [4.78, 5) is 73.0. The number of rotatable bonds is 77. The van der Waals surface area contributed by atoms with Crippen LogP contribution in [0.4, 0.5) is 0 Å². The number of ether oxygens (including phenoxy) is 4. The molecule has 0 amide bonds. The molecule has 0 aliphatic rings. The van der Waals surface area contributed by atoms with Gasteiger partial charge in [-0.1, -0.05) is 280 Å². The Bertz CT molecular complexity index is 2260. The highest BCUT2D eigenvalue weighted by molar-refractivity contribution is 7.47. The van der Waals surface area contributed by atoms with Crippen molar-refractivity contribution >= 4 is 39.5 Å². The third-order valence-electron chi connectivity index (χ3n) is 17.3. The molecule has 0 aromatic carbocycles. The smallest absolute Gasteiger partial charge is 0.462 e. The van der Waals surface area contributed by atoms with Crippen LogP contribution in [0.3, 0.4) is 0 Å². The van der Waals surface area contributed by atoms with Gasteiger partial charge in [0.15, 0.2) is 12.2 Å². The average Bonchev–Trinajstić information content (AvgIpc) is 0.923. The standard InChI is InChI=1S/C83H148O17P2/c1-5-9-13-17-21-25-29-33-37-38-42-44-48-52-56-60-64-68-81(86)94-74-79(100-83(88)70-66-62-58-54-50-46-41-36-32-28-24-20-16-12-8-4)76-98-102(91,92)96-72-77(84)71-95-101(89,90)97-75-78(99-82(87)69-65-61-57-53-49-45-40-35-31-27-23-19-15-11-7-3)73-93-80(85)67-63-59-55-51-47-43-39-34-30-26-22-18-14-10-6-2/h21,25,28,32-35,37,39-40,42,44,52,56,77-79,84H,5-20,22-24,26-27,29-31,36,38,41,43,45-51,53-55,57-76H2,1-4H3,(H,89,90)(H,91,92)/b25-21-,32-28-,37-33-,39-34-,40-35-,44-42-,56-52-/t77-,78+,79+/m0/s1. The SMILES string of the molecule is CCCCC/C=C\C/C=C\C/C=C\C/C=C\CCCC(=O)OC[C@H](COP(=O)(O)OC[C@@H](O)COP(=O)(O)OC[C@@H](COC(=O)CCCCCCC/C=C\CCCCCCCC)OC(=O)CCCCCCC/C=C\CCCCCCCC)OC(=O)CCCCCCCCC/C=C\CCCCCC. The van der Waals surface area contributed by atoms with Crippen molar-refractivity contribution < 1.29 is 80.2 Å². The van der Waals surface area contributed by atoms with Crippen LogP contribution in [0.1, 0.15) is 362 Å². The van der Waals surface area contributed by atoms with Gasteiger partial charge in [0.1, 0.15) is 19.3 Å². The minimum Gasteiger partial charge on any atom is -0.462 e. The maximum atomic E-state index is 13.1. The summed E-state index contributed by atoms with van der Waals surface area (Å²) in [5.74, 6) is -2.24. The number of phosphoric ester groups is 2. The topological polar surface area (TPSA) is 237 Å². The van der Waals surface area contributed by atoms with Crippen LogP contribution >= 0.6 is 15.6 Å². The Kier molecular flexibility index (Phi) is 72.7. The van der Waals surface area contributed by atoms with E-state index in [4.69, 9.17) is 37.0 Å². The van der Waals surface area contributed by atoms with Crippen molar-refractivity contribution in [3.8, 4) is 0 Å². The molecule has 5 atom stereocenters. The van der Waals surface area contributed by atoms with Crippen LogP contribution in [0.5, 0.6) is 0 Å². The van der Waals surface area contributed by atoms with Crippen molar-refractivity contribution in [2.45, 2.75) is 380 Å². The Morgan fingerprint density at radius 3 is 0.814 bits per heavy atom. The molecule has 0 saturated heterocycles. The third-order valence-corrected chi connectivity index (χ3v) is 19.2. The number of carbonyl (C=O) groups is 4. The van der Waals surface area contributed by atoms with E-state index in [9.17, 15) is 43.2 Å². The molecule has 0 aromatic heterocycles. The van der Waals surface area contributed by atoms with E-state index in [1.54, 1.807) is 0 Å². The van der Waals surface area contributed by atoms with Crippen molar-refractivity contribution in [3.05, 3.63) is 85.1 Å². The van der Waals surface area contributed by atoms with E-state index in [2.05, 4.69) is 101 Å². The van der Waals surface area contributed by atoms with Crippen molar-refractivity contribution in [3.63, 3.8) is 0 Å². The maximum Gasteiger partial charge on any atom is 0.472 e. The number of esters is 4. The van der Waals surface area contributed by atoms with E-state index in [-0.39, 0.29) is 25.7 Å². The lowest BCUT2D eigenvalue weighted by atomic mass is 10.1. The molecule has 19 heteroatoms. The average molecular weight is 1480 g/mol. The molecule has 3 N–H and O–H groups in total. The van der Waals surface area contributed by atoms with E-state index in [1.807, 2.05) is 12.2 Å². The van der Waals surface area contributed by atoms with Crippen molar-refractivity contribution in [2.75, 3.05) is 39.6 Å². The van der Waals surface area contributed by atoms with Gasteiger partial charge in [-0.2, -0.15) is 0 Å². The summed E-state index contributed by atoms with van der Waals surface area (Å²) in [7, 11) is -9.97. The summed E-state index contributed by atoms with van der Waals surface area (Å²) < 4.78 is 68.6. The molecule has 0 aliphatic carbocycles. The predicted octanol–water partition coefficient (Wildman–Crippen LogP) is 23.8. The largest absolute Gasteiger partial charge is 0.472 e. The number of allylic oxidation sites excluding steroid dienone is 14. The van der Waals surface area contributed by atoms with Gasteiger partial charge in [0.25, 0.3) is 0 Å². The number of hydrogen-bond donors (Lipinski definition) is 3. The first-order chi connectivity index (χ1) is 49.7. The fourth-order valence-electron chi connectivity index (χ4n) is 11.0. The number of phosphoric acid groups is 2. The van der Waals surface area contributed by atoms with Crippen molar-refractivity contribution in [2.24, 2.45) is 0 Å². The van der Waals surface area contributed by atoms with Gasteiger partial charge in [0.2, 0.25) is 0 Å². The molecule has 0 rings (SSSR count). The third kappa shape index (κ3) is 74.5. The van der Waals surface area contributed by atoms with Gasteiger partial charge in [-0.05, 0) is 141 Å². The van der Waals surface area contributed by atoms with Gasteiger partial charge in [-0.25, -0.2) is 9.13 Å². The normalized spacial score (nSPS) is 14.3. The lowest BCUT2D eigenvalue weighted by Crippen LogP contribution is -2.30.